The number of nitrogens with one attached hydrogen (secondary N) is 2. The van der Waals surface area contributed by atoms with Gasteiger partial charge in [-0.3, -0.25) is 14.5 Å². The summed E-state index contributed by atoms with van der Waals surface area (Å²) in [5.41, 5.74) is 0.293. The van der Waals surface area contributed by atoms with E-state index in [4.69, 9.17) is 4.74 Å². The third-order valence-corrected chi connectivity index (χ3v) is 7.67. The number of halogens is 1. The van der Waals surface area contributed by atoms with Crippen LogP contribution in [0.1, 0.15) is 53.1 Å². The molecule has 2 heterocycles. The van der Waals surface area contributed by atoms with Crippen LogP contribution in [-0.4, -0.2) is 42.4 Å². The largest absolute Gasteiger partial charge is 0.465 e. The van der Waals surface area contributed by atoms with E-state index < -0.39 is 41.7 Å². The molecule has 0 bridgehead atoms. The fourth-order valence-electron chi connectivity index (χ4n) is 4.61. The van der Waals surface area contributed by atoms with Crippen molar-refractivity contribution in [1.82, 2.24) is 10.2 Å². The van der Waals surface area contributed by atoms with Gasteiger partial charge in [0.2, 0.25) is 5.91 Å². The summed E-state index contributed by atoms with van der Waals surface area (Å²) >= 11 is 1.33. The summed E-state index contributed by atoms with van der Waals surface area (Å²) in [6.07, 6.45) is 2.69. The Morgan fingerprint density at radius 2 is 2.00 bits per heavy atom. The number of esters is 1. The Bertz CT molecular complexity index is 1160. The number of carbonyl (C=O) groups excluding carboxylic acids is 4. The van der Waals surface area contributed by atoms with Gasteiger partial charge in [-0.25, -0.2) is 14.0 Å². The first-order valence-electron chi connectivity index (χ1n) is 11.1. The van der Waals surface area contributed by atoms with E-state index in [0.717, 1.165) is 34.6 Å². The Morgan fingerprint density at radius 3 is 2.65 bits per heavy atom. The molecule has 1 aromatic heterocycles. The topological polar surface area (TPSA) is 105 Å². The lowest BCUT2D eigenvalue weighted by atomic mass is 9.87. The van der Waals surface area contributed by atoms with Crippen LogP contribution in [0.5, 0.6) is 0 Å². The average molecular weight is 488 g/mol. The number of nitrogens with zero attached hydrogens (tertiary/aromatic N) is 1. The second kappa shape index (κ2) is 9.17. The van der Waals surface area contributed by atoms with E-state index in [-0.39, 0.29) is 6.42 Å². The molecule has 2 unspecified atom stereocenters. The minimum atomic E-state index is -1.37. The van der Waals surface area contributed by atoms with Crippen LogP contribution in [0.25, 0.3) is 0 Å². The van der Waals surface area contributed by atoms with Crippen LogP contribution in [0.15, 0.2) is 24.3 Å². The molecule has 1 aromatic carbocycles. The lowest BCUT2D eigenvalue weighted by Crippen LogP contribution is -2.44. The number of imide groups is 1. The van der Waals surface area contributed by atoms with Gasteiger partial charge in [0.25, 0.3) is 5.91 Å². The zero-order valence-electron chi connectivity index (χ0n) is 19.2. The Morgan fingerprint density at radius 1 is 1.29 bits per heavy atom. The molecule has 10 heteroatoms. The minimum absolute atomic E-state index is 0.226. The number of hydrogen-bond acceptors (Lipinski definition) is 6. The van der Waals surface area contributed by atoms with E-state index in [1.807, 2.05) is 0 Å². The lowest BCUT2D eigenvalue weighted by Gasteiger charge is -2.25. The van der Waals surface area contributed by atoms with E-state index in [1.165, 1.54) is 42.7 Å². The highest BCUT2D eigenvalue weighted by Gasteiger charge is 2.51. The maximum Gasteiger partial charge on any atom is 0.341 e. The summed E-state index contributed by atoms with van der Waals surface area (Å²) in [5, 5.41) is 5.75. The molecule has 4 amide bonds. The van der Waals surface area contributed by atoms with Crippen LogP contribution in [0.2, 0.25) is 0 Å². The van der Waals surface area contributed by atoms with Gasteiger partial charge in [-0.15, -0.1) is 11.3 Å². The van der Waals surface area contributed by atoms with Crippen molar-refractivity contribution >= 4 is 40.2 Å². The smallest absolute Gasteiger partial charge is 0.341 e. The molecule has 2 aliphatic rings. The molecule has 4 rings (SSSR count). The molecule has 2 atom stereocenters. The van der Waals surface area contributed by atoms with Gasteiger partial charge in [-0.1, -0.05) is 26.0 Å². The van der Waals surface area contributed by atoms with E-state index in [1.54, 1.807) is 6.92 Å². The van der Waals surface area contributed by atoms with Crippen LogP contribution in [0.3, 0.4) is 0 Å². The van der Waals surface area contributed by atoms with E-state index >= 15 is 0 Å². The summed E-state index contributed by atoms with van der Waals surface area (Å²) in [4.78, 5) is 53.2. The normalized spacial score (nSPS) is 21.8. The Labute approximate surface area is 200 Å². The quantitative estimate of drug-likeness (QED) is 0.479. The SMILES string of the molecule is CCC1(c2ccc(F)cc2)NC(=O)N(CC(=O)Nc2sc3c(c2C(=O)OC)CCC(C)C3)C1=O. The third kappa shape index (κ3) is 4.06. The summed E-state index contributed by atoms with van der Waals surface area (Å²) < 4.78 is 18.3. The van der Waals surface area contributed by atoms with Crippen molar-refractivity contribution in [3.63, 3.8) is 0 Å². The molecule has 2 N–H and O–H groups in total. The number of carbonyl (C=O) groups is 4. The number of methoxy groups -OCH3 is 1. The van der Waals surface area contributed by atoms with Crippen LogP contribution < -0.4 is 10.6 Å². The van der Waals surface area contributed by atoms with Crippen molar-refractivity contribution in [2.24, 2.45) is 5.92 Å². The number of benzene rings is 1. The number of urea groups is 1. The summed E-state index contributed by atoms with van der Waals surface area (Å²) in [7, 11) is 1.29. The van der Waals surface area contributed by atoms with Crippen LogP contribution in [0.4, 0.5) is 14.2 Å². The van der Waals surface area contributed by atoms with E-state index in [0.29, 0.717) is 22.0 Å². The maximum absolute atomic E-state index is 13.4. The van der Waals surface area contributed by atoms with Crippen molar-refractivity contribution in [1.29, 1.82) is 0 Å². The second-order valence-corrected chi connectivity index (χ2v) is 9.79. The fourth-order valence-corrected chi connectivity index (χ4v) is 6.03. The predicted octanol–water partition coefficient (Wildman–Crippen LogP) is 3.59. The minimum Gasteiger partial charge on any atom is -0.465 e. The number of hydrogen-bond donors (Lipinski definition) is 2. The van der Waals surface area contributed by atoms with Gasteiger partial charge < -0.3 is 15.4 Å². The molecule has 0 radical (unpaired) electrons. The molecule has 8 nitrogen and oxygen atoms in total. The third-order valence-electron chi connectivity index (χ3n) is 6.50. The Balaban J connectivity index is 1.56. The first-order chi connectivity index (χ1) is 16.2. The van der Waals surface area contributed by atoms with Crippen LogP contribution in [0, 0.1) is 11.7 Å². The molecular formula is C24H26FN3O5S. The number of ether oxygens (including phenoxy) is 1. The molecule has 1 saturated heterocycles. The van der Waals surface area contributed by atoms with Gasteiger partial charge in [0.1, 0.15) is 22.9 Å². The monoisotopic (exact) mass is 487 g/mol. The number of anilines is 1. The molecule has 34 heavy (non-hydrogen) atoms. The number of fused-ring (bicyclic) bond motifs is 1. The average Bonchev–Trinajstić information content (AvgIpc) is 3.28. The van der Waals surface area contributed by atoms with Crippen molar-refractivity contribution < 1.29 is 28.3 Å². The summed E-state index contributed by atoms with van der Waals surface area (Å²) in [5.74, 6) is -1.71. The Hall–Kier alpha value is -3.27. The highest BCUT2D eigenvalue weighted by atomic mass is 32.1. The maximum atomic E-state index is 13.4. The summed E-state index contributed by atoms with van der Waals surface area (Å²) in [6, 6.07) is 4.62. The van der Waals surface area contributed by atoms with Gasteiger partial charge in [-0.2, -0.15) is 0 Å². The molecule has 0 saturated carbocycles. The zero-order chi connectivity index (χ0) is 24.6. The molecule has 0 spiro atoms. The highest BCUT2D eigenvalue weighted by Crippen LogP contribution is 2.40. The Kier molecular flexibility index (Phi) is 6.44. The standard InChI is InChI=1S/C24H26FN3O5S/c1-4-24(14-6-8-15(25)9-7-14)22(31)28(23(32)27-24)12-18(29)26-20-19(21(30)33-3)16-10-5-13(2)11-17(16)34-20/h6-9,13H,4-5,10-12H2,1-3H3,(H,26,29)(H,27,32). The molecular weight excluding hydrogens is 461 g/mol. The zero-order valence-corrected chi connectivity index (χ0v) is 20.0. The van der Waals surface area contributed by atoms with Crippen LogP contribution >= 0.6 is 11.3 Å². The van der Waals surface area contributed by atoms with Gasteiger partial charge in [0.05, 0.1) is 12.7 Å². The first-order valence-corrected chi connectivity index (χ1v) is 11.9. The van der Waals surface area contributed by atoms with Crippen molar-refractivity contribution in [3.8, 4) is 0 Å². The summed E-state index contributed by atoms with van der Waals surface area (Å²) in [6.45, 7) is 3.34. The molecule has 1 aliphatic carbocycles. The molecule has 1 aliphatic heterocycles. The van der Waals surface area contributed by atoms with Gasteiger partial charge >= 0.3 is 12.0 Å². The molecule has 1 fully saturated rings. The fraction of sp³-hybridized carbons (Fsp3) is 0.417. The second-order valence-electron chi connectivity index (χ2n) is 8.68. The molecule has 2 aromatic rings. The molecule has 180 valence electrons. The van der Waals surface area contributed by atoms with Gasteiger partial charge in [-0.05, 0) is 54.9 Å². The van der Waals surface area contributed by atoms with Crippen molar-refractivity contribution in [2.75, 3.05) is 19.0 Å². The number of amides is 4. The number of thiophene rings is 1. The predicted molar refractivity (Wildman–Crippen MR) is 124 cm³/mol. The van der Waals surface area contributed by atoms with Gasteiger partial charge in [0.15, 0.2) is 0 Å². The van der Waals surface area contributed by atoms with Gasteiger partial charge in [0, 0.05) is 4.88 Å². The van der Waals surface area contributed by atoms with Crippen LogP contribution in [-0.2, 0) is 32.7 Å². The highest BCUT2D eigenvalue weighted by molar-refractivity contribution is 7.17. The number of rotatable bonds is 6. The van der Waals surface area contributed by atoms with Crippen molar-refractivity contribution in [3.05, 3.63) is 51.7 Å². The van der Waals surface area contributed by atoms with E-state index in [2.05, 4.69) is 17.6 Å². The lowest BCUT2D eigenvalue weighted by molar-refractivity contribution is -0.134. The van der Waals surface area contributed by atoms with E-state index in [9.17, 15) is 23.6 Å². The van der Waals surface area contributed by atoms with Crippen molar-refractivity contribution in [2.45, 2.75) is 45.1 Å². The first kappa shape index (κ1) is 23.9.